The third-order valence-electron chi connectivity index (χ3n) is 7.10. The Morgan fingerprint density at radius 2 is 1.93 bits per heavy atom. The van der Waals surface area contributed by atoms with E-state index < -0.39 is 8.32 Å². The highest BCUT2D eigenvalue weighted by Gasteiger charge is 2.50. The molecule has 5 atom stereocenters. The third kappa shape index (κ3) is 5.04. The number of hydrogen-bond acceptors (Lipinski definition) is 4. The van der Waals surface area contributed by atoms with E-state index in [9.17, 15) is 9.59 Å². The van der Waals surface area contributed by atoms with Crippen molar-refractivity contribution < 1.29 is 18.8 Å². The minimum atomic E-state index is -1.67. The monoisotopic (exact) mass is 418 g/mol. The van der Waals surface area contributed by atoms with Gasteiger partial charge in [0.2, 0.25) is 8.32 Å². The number of esters is 1. The predicted octanol–water partition coefficient (Wildman–Crippen LogP) is 5.80. The van der Waals surface area contributed by atoms with E-state index in [1.165, 1.54) is 6.92 Å². The zero-order valence-corrected chi connectivity index (χ0v) is 20.0. The number of rotatable bonds is 5. The molecule has 4 nitrogen and oxygen atoms in total. The fraction of sp³-hybridized carbons (Fsp3) is 0.750. The van der Waals surface area contributed by atoms with Gasteiger partial charge in [-0.3, -0.25) is 9.59 Å². The van der Waals surface area contributed by atoms with E-state index in [0.717, 1.165) is 49.9 Å². The summed E-state index contributed by atoms with van der Waals surface area (Å²) in [6, 6.07) is 0. The maximum Gasteiger partial charge on any atom is 0.302 e. The maximum atomic E-state index is 13.4. The lowest BCUT2D eigenvalue weighted by Crippen LogP contribution is -2.41. The van der Waals surface area contributed by atoms with Crippen LogP contribution in [0.25, 0.3) is 0 Å². The van der Waals surface area contributed by atoms with Gasteiger partial charge in [-0.2, -0.15) is 0 Å². The average Bonchev–Trinajstić information content (AvgIpc) is 2.92. The lowest BCUT2D eigenvalue weighted by molar-refractivity contribution is -0.147. The molecule has 0 saturated heterocycles. The molecule has 3 aliphatic carbocycles. The molecule has 0 heterocycles. The van der Waals surface area contributed by atoms with E-state index >= 15 is 0 Å². The third-order valence-corrected chi connectivity index (χ3v) is 7.93. The second-order valence-electron chi connectivity index (χ2n) is 10.6. The summed E-state index contributed by atoms with van der Waals surface area (Å²) in [5.74, 6) is 1.98. The zero-order chi connectivity index (χ0) is 21.4. The van der Waals surface area contributed by atoms with Gasteiger partial charge in [0.05, 0.1) is 5.76 Å². The van der Waals surface area contributed by atoms with E-state index in [1.807, 2.05) is 6.08 Å². The Balaban J connectivity index is 1.74. The van der Waals surface area contributed by atoms with E-state index in [-0.39, 0.29) is 29.2 Å². The SMILES string of the molecule is CC(=O)O[C@H]1CC[C@@H](C)/C(=C\C(=O)[C@@H]2CCC[C@]3(C)C(O[Si](C)(C)C)=CCC23)C1. The van der Waals surface area contributed by atoms with Crippen LogP contribution in [0.3, 0.4) is 0 Å². The largest absolute Gasteiger partial charge is 0.547 e. The lowest BCUT2D eigenvalue weighted by atomic mass is 9.62. The van der Waals surface area contributed by atoms with Gasteiger partial charge in [0.1, 0.15) is 6.10 Å². The minimum Gasteiger partial charge on any atom is -0.547 e. The van der Waals surface area contributed by atoms with Crippen LogP contribution < -0.4 is 0 Å². The second kappa shape index (κ2) is 8.41. The molecule has 0 amide bonds. The Morgan fingerprint density at radius 1 is 1.21 bits per heavy atom. The van der Waals surface area contributed by atoms with Crippen molar-refractivity contribution in [2.24, 2.45) is 23.2 Å². The summed E-state index contributed by atoms with van der Waals surface area (Å²) >= 11 is 0. The van der Waals surface area contributed by atoms with Crippen LogP contribution in [0.1, 0.15) is 65.7 Å². The van der Waals surface area contributed by atoms with Crippen LogP contribution in [-0.2, 0) is 18.8 Å². The van der Waals surface area contributed by atoms with E-state index in [2.05, 4.69) is 39.6 Å². The summed E-state index contributed by atoms with van der Waals surface area (Å²) in [5, 5.41) is 0. The molecule has 5 heteroatoms. The highest BCUT2D eigenvalue weighted by molar-refractivity contribution is 6.70. The van der Waals surface area contributed by atoms with E-state index in [4.69, 9.17) is 9.16 Å². The molecule has 1 unspecified atom stereocenters. The van der Waals surface area contributed by atoms with Gasteiger partial charge in [0, 0.05) is 24.7 Å². The van der Waals surface area contributed by atoms with Crippen LogP contribution >= 0.6 is 0 Å². The van der Waals surface area contributed by atoms with Gasteiger partial charge >= 0.3 is 5.97 Å². The number of ketones is 1. The van der Waals surface area contributed by atoms with Crippen LogP contribution in [-0.4, -0.2) is 26.2 Å². The summed E-state index contributed by atoms with van der Waals surface area (Å²) in [5.41, 5.74) is 1.15. The van der Waals surface area contributed by atoms with Gasteiger partial charge in [0.15, 0.2) is 5.78 Å². The van der Waals surface area contributed by atoms with E-state index in [0.29, 0.717) is 18.3 Å². The van der Waals surface area contributed by atoms with Gasteiger partial charge in [-0.15, -0.1) is 0 Å². The highest BCUT2D eigenvalue weighted by Crippen LogP contribution is 2.56. The smallest absolute Gasteiger partial charge is 0.302 e. The van der Waals surface area contributed by atoms with Crippen molar-refractivity contribution in [3.8, 4) is 0 Å². The van der Waals surface area contributed by atoms with Crippen molar-refractivity contribution in [3.05, 3.63) is 23.5 Å². The predicted molar refractivity (Wildman–Crippen MR) is 118 cm³/mol. The Bertz CT molecular complexity index is 717. The molecule has 0 bridgehead atoms. The molecule has 29 heavy (non-hydrogen) atoms. The molecule has 162 valence electrons. The first kappa shape index (κ1) is 22.3. The number of ether oxygens (including phenoxy) is 1. The lowest BCUT2D eigenvalue weighted by Gasteiger charge is -2.44. The van der Waals surface area contributed by atoms with Crippen molar-refractivity contribution >= 4 is 20.1 Å². The molecule has 0 aliphatic heterocycles. The molecule has 3 rings (SSSR count). The zero-order valence-electron chi connectivity index (χ0n) is 19.0. The first-order valence-electron chi connectivity index (χ1n) is 11.3. The average molecular weight is 419 g/mol. The molecular formula is C24H38O4Si. The van der Waals surface area contributed by atoms with Crippen LogP contribution in [0.2, 0.25) is 19.6 Å². The van der Waals surface area contributed by atoms with Gasteiger partial charge in [-0.25, -0.2) is 0 Å². The minimum absolute atomic E-state index is 0.00415. The van der Waals surface area contributed by atoms with Gasteiger partial charge < -0.3 is 9.16 Å². The molecule has 0 radical (unpaired) electrons. The Kier molecular flexibility index (Phi) is 6.47. The van der Waals surface area contributed by atoms with Crippen molar-refractivity contribution in [1.29, 1.82) is 0 Å². The van der Waals surface area contributed by atoms with Gasteiger partial charge in [-0.1, -0.05) is 25.8 Å². The summed E-state index contributed by atoms with van der Waals surface area (Å²) in [6.45, 7) is 12.6. The molecule has 0 spiro atoms. The van der Waals surface area contributed by atoms with Gasteiger partial charge in [0.25, 0.3) is 0 Å². The van der Waals surface area contributed by atoms with Crippen molar-refractivity contribution in [1.82, 2.24) is 0 Å². The summed E-state index contributed by atoms with van der Waals surface area (Å²) in [4.78, 5) is 24.7. The molecule has 2 fully saturated rings. The van der Waals surface area contributed by atoms with Crippen LogP contribution in [0.5, 0.6) is 0 Å². The van der Waals surface area contributed by atoms with Crippen molar-refractivity contribution in [2.45, 2.75) is 91.5 Å². The fourth-order valence-corrected chi connectivity index (χ4v) is 6.54. The number of allylic oxidation sites excluding steroid dienone is 3. The second-order valence-corrected chi connectivity index (χ2v) is 15.0. The number of carbonyl (C=O) groups excluding carboxylic acids is 2. The number of fused-ring (bicyclic) bond motifs is 1. The van der Waals surface area contributed by atoms with E-state index in [1.54, 1.807) is 0 Å². The molecule has 0 aromatic carbocycles. The van der Waals surface area contributed by atoms with Gasteiger partial charge in [-0.05, 0) is 75.7 Å². The molecule has 2 saturated carbocycles. The Labute approximate surface area is 177 Å². The number of carbonyl (C=O) groups is 2. The maximum absolute atomic E-state index is 13.4. The van der Waals surface area contributed by atoms with Crippen molar-refractivity contribution in [2.75, 3.05) is 0 Å². The quantitative estimate of drug-likeness (QED) is 0.322. The fourth-order valence-electron chi connectivity index (χ4n) is 5.56. The van der Waals surface area contributed by atoms with Crippen LogP contribution in [0, 0.1) is 23.2 Å². The summed E-state index contributed by atoms with van der Waals surface area (Å²) in [6.07, 6.45) is 10.8. The Morgan fingerprint density at radius 3 is 2.59 bits per heavy atom. The van der Waals surface area contributed by atoms with Crippen molar-refractivity contribution in [3.63, 3.8) is 0 Å². The molecule has 0 aromatic heterocycles. The first-order chi connectivity index (χ1) is 13.5. The molecule has 3 aliphatic rings. The summed E-state index contributed by atoms with van der Waals surface area (Å²) < 4.78 is 11.9. The number of hydrogen-bond donors (Lipinski definition) is 0. The van der Waals surface area contributed by atoms with Crippen LogP contribution in [0.4, 0.5) is 0 Å². The molecule has 0 aromatic rings. The normalized spacial score (nSPS) is 36.3. The van der Waals surface area contributed by atoms with Crippen LogP contribution in [0.15, 0.2) is 23.5 Å². The standard InChI is InChI=1S/C24H38O4Si/c1-16-9-10-19(27-17(2)25)14-18(16)15-22(26)20-8-7-13-24(3)21(20)11-12-23(24)28-29(4,5)6/h12,15-16,19-21H,7-11,13-14H2,1-6H3/b18-15-/t16-,19+,20-,21?,24+/m1/s1. The Hall–Kier alpha value is -1.36. The highest BCUT2D eigenvalue weighted by atomic mass is 28.4. The summed E-state index contributed by atoms with van der Waals surface area (Å²) in [7, 11) is -1.67. The topological polar surface area (TPSA) is 52.6 Å². The molecule has 0 N–H and O–H groups in total. The first-order valence-corrected chi connectivity index (χ1v) is 14.7. The molecular weight excluding hydrogens is 380 g/mol.